The van der Waals surface area contributed by atoms with Crippen LogP contribution in [0.3, 0.4) is 0 Å². The molecule has 0 saturated heterocycles. The van der Waals surface area contributed by atoms with Gasteiger partial charge in [-0.25, -0.2) is 4.98 Å². The predicted molar refractivity (Wildman–Crippen MR) is 76.0 cm³/mol. The van der Waals surface area contributed by atoms with E-state index < -0.39 is 0 Å². The van der Waals surface area contributed by atoms with Crippen LogP contribution in [0.15, 0.2) is 0 Å². The summed E-state index contributed by atoms with van der Waals surface area (Å²) in [4.78, 5) is 5.91. The zero-order chi connectivity index (χ0) is 13.1. The lowest BCUT2D eigenvalue weighted by atomic mass is 9.87. The average molecular weight is 268 g/mol. The molecule has 0 amide bonds. The molecule has 1 heterocycles. The molecule has 1 saturated carbocycles. The first-order valence-electron chi connectivity index (χ1n) is 6.91. The summed E-state index contributed by atoms with van der Waals surface area (Å²) in [6.07, 6.45) is 4.26. The highest BCUT2D eigenvalue weighted by molar-refractivity contribution is 7.11. The van der Waals surface area contributed by atoms with Crippen molar-refractivity contribution in [3.63, 3.8) is 0 Å². The third-order valence-electron chi connectivity index (χ3n) is 3.82. The van der Waals surface area contributed by atoms with Crippen molar-refractivity contribution in [2.75, 3.05) is 6.54 Å². The van der Waals surface area contributed by atoms with E-state index >= 15 is 0 Å². The molecule has 102 valence electrons. The Balaban J connectivity index is 1.84. The number of rotatable bonds is 4. The molecule has 0 aromatic carbocycles. The Hall–Kier alpha value is -0.450. The summed E-state index contributed by atoms with van der Waals surface area (Å²) in [5, 5.41) is 14.4. The van der Waals surface area contributed by atoms with E-state index in [2.05, 4.69) is 31.1 Å². The van der Waals surface area contributed by atoms with Crippen molar-refractivity contribution < 1.29 is 5.11 Å². The van der Waals surface area contributed by atoms with Gasteiger partial charge in [-0.15, -0.1) is 11.3 Å². The van der Waals surface area contributed by atoms with Gasteiger partial charge in [0.1, 0.15) is 0 Å². The summed E-state index contributed by atoms with van der Waals surface area (Å²) in [5.74, 6) is 0.622. The minimum atomic E-state index is -0.0795. The van der Waals surface area contributed by atoms with Gasteiger partial charge in [0.25, 0.3) is 0 Å². The molecule has 18 heavy (non-hydrogen) atoms. The van der Waals surface area contributed by atoms with Crippen LogP contribution in [0.4, 0.5) is 0 Å². The minimum absolute atomic E-state index is 0.0795. The Morgan fingerprint density at radius 1 is 1.44 bits per heavy atom. The fourth-order valence-corrected chi connectivity index (χ4v) is 3.75. The standard InChI is InChI=1S/C14H24N2OS/c1-9(14-10(2)18-11(3)16-14)15-8-12-5-4-6-13(17)7-12/h9,12-13,15,17H,4-8H2,1-3H3. The van der Waals surface area contributed by atoms with Gasteiger partial charge in [-0.3, -0.25) is 0 Å². The van der Waals surface area contributed by atoms with Crippen LogP contribution in [0.2, 0.25) is 0 Å². The number of aromatic nitrogens is 1. The molecule has 4 heteroatoms. The smallest absolute Gasteiger partial charge is 0.0900 e. The molecular weight excluding hydrogens is 244 g/mol. The van der Waals surface area contributed by atoms with E-state index in [1.165, 1.54) is 17.0 Å². The van der Waals surface area contributed by atoms with Gasteiger partial charge in [-0.1, -0.05) is 6.42 Å². The summed E-state index contributed by atoms with van der Waals surface area (Å²) < 4.78 is 0. The number of hydrogen-bond donors (Lipinski definition) is 2. The molecule has 0 bridgehead atoms. The number of nitrogens with one attached hydrogen (secondary N) is 1. The van der Waals surface area contributed by atoms with Crippen molar-refractivity contribution in [2.24, 2.45) is 5.92 Å². The first-order chi connectivity index (χ1) is 8.56. The van der Waals surface area contributed by atoms with Gasteiger partial charge in [-0.2, -0.15) is 0 Å². The lowest BCUT2D eigenvalue weighted by Crippen LogP contribution is -2.31. The van der Waals surface area contributed by atoms with Crippen molar-refractivity contribution in [1.82, 2.24) is 10.3 Å². The van der Waals surface area contributed by atoms with Gasteiger partial charge in [0.05, 0.1) is 16.8 Å². The zero-order valence-electron chi connectivity index (χ0n) is 11.6. The van der Waals surface area contributed by atoms with E-state index in [4.69, 9.17) is 0 Å². The third kappa shape index (κ3) is 3.53. The van der Waals surface area contributed by atoms with Gasteiger partial charge < -0.3 is 10.4 Å². The molecule has 3 atom stereocenters. The minimum Gasteiger partial charge on any atom is -0.393 e. The van der Waals surface area contributed by atoms with E-state index in [0.29, 0.717) is 12.0 Å². The summed E-state index contributed by atoms with van der Waals surface area (Å²) in [6.45, 7) is 7.38. The van der Waals surface area contributed by atoms with Crippen LogP contribution in [-0.4, -0.2) is 22.7 Å². The largest absolute Gasteiger partial charge is 0.393 e. The lowest BCUT2D eigenvalue weighted by Gasteiger charge is -2.27. The van der Waals surface area contributed by atoms with E-state index in [-0.39, 0.29) is 6.10 Å². The first-order valence-corrected chi connectivity index (χ1v) is 7.73. The van der Waals surface area contributed by atoms with Gasteiger partial charge >= 0.3 is 0 Å². The van der Waals surface area contributed by atoms with E-state index in [0.717, 1.165) is 30.8 Å². The molecule has 0 spiro atoms. The number of nitrogens with zero attached hydrogens (tertiary/aromatic N) is 1. The molecule has 3 nitrogen and oxygen atoms in total. The molecule has 1 aliphatic rings. The van der Waals surface area contributed by atoms with Crippen molar-refractivity contribution in [1.29, 1.82) is 0 Å². The van der Waals surface area contributed by atoms with Crippen LogP contribution in [0.5, 0.6) is 0 Å². The fraction of sp³-hybridized carbons (Fsp3) is 0.786. The monoisotopic (exact) mass is 268 g/mol. The van der Waals surface area contributed by atoms with Crippen LogP contribution < -0.4 is 5.32 Å². The van der Waals surface area contributed by atoms with E-state index in [9.17, 15) is 5.11 Å². The maximum Gasteiger partial charge on any atom is 0.0900 e. The normalized spacial score (nSPS) is 26.2. The number of aryl methyl sites for hydroxylation is 2. The second-order valence-corrected chi connectivity index (χ2v) is 6.90. The highest BCUT2D eigenvalue weighted by Crippen LogP contribution is 2.26. The van der Waals surface area contributed by atoms with Crippen LogP contribution in [0.25, 0.3) is 0 Å². The molecule has 0 aliphatic heterocycles. The van der Waals surface area contributed by atoms with Crippen LogP contribution >= 0.6 is 11.3 Å². The highest BCUT2D eigenvalue weighted by atomic mass is 32.1. The second-order valence-electron chi connectivity index (χ2n) is 5.49. The van der Waals surface area contributed by atoms with Gasteiger partial charge in [0.2, 0.25) is 0 Å². The van der Waals surface area contributed by atoms with Crippen molar-refractivity contribution in [3.8, 4) is 0 Å². The Kier molecular flexibility index (Phi) is 4.76. The van der Waals surface area contributed by atoms with Gasteiger partial charge in [0.15, 0.2) is 0 Å². The molecule has 2 rings (SSSR count). The zero-order valence-corrected chi connectivity index (χ0v) is 12.4. The van der Waals surface area contributed by atoms with E-state index in [1.54, 1.807) is 11.3 Å². The molecular formula is C14H24N2OS. The number of aliphatic hydroxyl groups is 1. The summed E-state index contributed by atoms with van der Waals surface area (Å²) in [6, 6.07) is 0.314. The molecule has 1 aliphatic carbocycles. The number of thiazole rings is 1. The number of aliphatic hydroxyl groups excluding tert-OH is 1. The van der Waals surface area contributed by atoms with Crippen molar-refractivity contribution in [3.05, 3.63) is 15.6 Å². The third-order valence-corrected chi connectivity index (χ3v) is 4.72. The summed E-state index contributed by atoms with van der Waals surface area (Å²) in [7, 11) is 0. The molecule has 1 aromatic rings. The molecule has 1 fully saturated rings. The van der Waals surface area contributed by atoms with Crippen LogP contribution in [0.1, 0.15) is 54.2 Å². The van der Waals surface area contributed by atoms with Crippen LogP contribution in [0, 0.1) is 19.8 Å². The van der Waals surface area contributed by atoms with Crippen molar-refractivity contribution in [2.45, 2.75) is 58.6 Å². The fourth-order valence-electron chi connectivity index (χ4n) is 2.83. The summed E-state index contributed by atoms with van der Waals surface area (Å²) >= 11 is 1.77. The second kappa shape index (κ2) is 6.13. The Labute approximate surface area is 114 Å². The quantitative estimate of drug-likeness (QED) is 0.882. The average Bonchev–Trinajstić information content (AvgIpc) is 2.66. The Morgan fingerprint density at radius 2 is 2.22 bits per heavy atom. The highest BCUT2D eigenvalue weighted by Gasteiger charge is 2.21. The molecule has 2 N–H and O–H groups in total. The van der Waals surface area contributed by atoms with Crippen molar-refractivity contribution >= 4 is 11.3 Å². The van der Waals surface area contributed by atoms with E-state index in [1.807, 2.05) is 0 Å². The lowest BCUT2D eigenvalue weighted by molar-refractivity contribution is 0.0997. The summed E-state index contributed by atoms with van der Waals surface area (Å²) in [5.41, 5.74) is 1.19. The molecule has 0 radical (unpaired) electrons. The Bertz CT molecular complexity index is 391. The SMILES string of the molecule is Cc1nc(C(C)NCC2CCCC(O)C2)c(C)s1. The van der Waals surface area contributed by atoms with Crippen LogP contribution in [-0.2, 0) is 0 Å². The maximum atomic E-state index is 9.67. The number of hydrogen-bond acceptors (Lipinski definition) is 4. The predicted octanol–water partition coefficient (Wildman–Crippen LogP) is 2.96. The maximum absolute atomic E-state index is 9.67. The van der Waals surface area contributed by atoms with Gasteiger partial charge in [-0.05, 0) is 52.5 Å². The topological polar surface area (TPSA) is 45.2 Å². The molecule has 3 unspecified atom stereocenters. The molecule has 1 aromatic heterocycles. The first kappa shape index (κ1) is 14.0. The van der Waals surface area contributed by atoms with Gasteiger partial charge in [0, 0.05) is 10.9 Å². The Morgan fingerprint density at radius 3 is 2.83 bits per heavy atom.